The van der Waals surface area contributed by atoms with E-state index in [4.69, 9.17) is 9.47 Å². The number of para-hydroxylation sites is 1. The van der Waals surface area contributed by atoms with Crippen molar-refractivity contribution in [3.8, 4) is 0 Å². The summed E-state index contributed by atoms with van der Waals surface area (Å²) in [6, 6.07) is 8.08. The molecule has 0 bridgehead atoms. The minimum Gasteiger partial charge on any atom is -0.377 e. The fourth-order valence-corrected chi connectivity index (χ4v) is 4.35. The normalized spacial score (nSPS) is 26.8. The molecule has 5 heteroatoms. The van der Waals surface area contributed by atoms with Crippen molar-refractivity contribution in [1.82, 2.24) is 9.47 Å². The Hall–Kier alpha value is -1.85. The van der Waals surface area contributed by atoms with Gasteiger partial charge in [0.1, 0.15) is 11.7 Å². The van der Waals surface area contributed by atoms with Crippen LogP contribution in [0.5, 0.6) is 0 Å². The topological polar surface area (TPSA) is 43.7 Å². The first-order chi connectivity index (χ1) is 11.6. The summed E-state index contributed by atoms with van der Waals surface area (Å²) in [5.41, 5.74) is 2.58. The van der Waals surface area contributed by atoms with Crippen LogP contribution in [0, 0.1) is 6.92 Å². The Bertz CT molecular complexity index is 789. The van der Waals surface area contributed by atoms with Gasteiger partial charge in [-0.15, -0.1) is 0 Å². The number of aryl methyl sites for hydroxylation is 1. The van der Waals surface area contributed by atoms with Crippen LogP contribution in [0.1, 0.15) is 28.9 Å². The van der Waals surface area contributed by atoms with Gasteiger partial charge in [0, 0.05) is 37.4 Å². The monoisotopic (exact) mass is 328 g/mol. The van der Waals surface area contributed by atoms with Crippen LogP contribution in [0.3, 0.4) is 0 Å². The van der Waals surface area contributed by atoms with E-state index in [9.17, 15) is 4.79 Å². The van der Waals surface area contributed by atoms with Gasteiger partial charge in [-0.2, -0.15) is 0 Å². The highest BCUT2D eigenvalue weighted by Gasteiger charge is 2.51. The lowest BCUT2D eigenvalue weighted by molar-refractivity contribution is -0.0754. The molecule has 2 atom stereocenters. The van der Waals surface area contributed by atoms with Crippen LogP contribution in [0.15, 0.2) is 24.3 Å². The van der Waals surface area contributed by atoms with Gasteiger partial charge < -0.3 is 18.9 Å². The summed E-state index contributed by atoms with van der Waals surface area (Å²) < 4.78 is 13.8. The molecule has 1 aromatic heterocycles. The number of rotatable bonds is 2. The molecule has 2 aliphatic heterocycles. The molecule has 128 valence electrons. The molecular weight excluding hydrogens is 304 g/mol. The van der Waals surface area contributed by atoms with Crippen molar-refractivity contribution >= 4 is 16.8 Å². The summed E-state index contributed by atoms with van der Waals surface area (Å²) in [4.78, 5) is 15.2. The molecule has 5 nitrogen and oxygen atoms in total. The number of likely N-dealkylation sites (tertiary alicyclic amines) is 1. The van der Waals surface area contributed by atoms with E-state index < -0.39 is 0 Å². The highest BCUT2D eigenvalue weighted by Crippen LogP contribution is 2.38. The van der Waals surface area contributed by atoms with E-state index in [1.807, 2.05) is 37.1 Å². The number of nitrogens with zero attached hydrogens (tertiary/aromatic N) is 2. The number of aromatic nitrogens is 1. The second-order valence-corrected chi connectivity index (χ2v) is 6.96. The number of carbonyl (C=O) groups is 1. The molecule has 0 unspecified atom stereocenters. The lowest BCUT2D eigenvalue weighted by Gasteiger charge is -2.27. The molecule has 0 saturated carbocycles. The Balaban J connectivity index is 1.72. The van der Waals surface area contributed by atoms with Gasteiger partial charge in [-0.3, -0.25) is 4.79 Å². The first-order valence-electron chi connectivity index (χ1n) is 8.57. The largest absolute Gasteiger partial charge is 0.377 e. The van der Waals surface area contributed by atoms with E-state index in [-0.39, 0.29) is 17.6 Å². The highest BCUT2D eigenvalue weighted by molar-refractivity contribution is 6.08. The molecule has 1 aromatic carbocycles. The summed E-state index contributed by atoms with van der Waals surface area (Å²) in [5.74, 6) is 0.0822. The van der Waals surface area contributed by atoms with Gasteiger partial charge in [-0.05, 0) is 25.8 Å². The van der Waals surface area contributed by atoms with E-state index in [0.29, 0.717) is 13.1 Å². The molecular formula is C19H24N2O3. The van der Waals surface area contributed by atoms with Crippen molar-refractivity contribution in [3.63, 3.8) is 0 Å². The van der Waals surface area contributed by atoms with Crippen LogP contribution in [-0.2, 0) is 16.5 Å². The lowest BCUT2D eigenvalue weighted by atomic mass is 9.96. The maximum Gasteiger partial charge on any atom is 0.256 e. The number of fused-ring (bicyclic) bond motifs is 1. The Morgan fingerprint density at radius 2 is 2.17 bits per heavy atom. The predicted molar refractivity (Wildman–Crippen MR) is 92.3 cm³/mol. The molecule has 2 aliphatic rings. The fraction of sp³-hybridized carbons (Fsp3) is 0.526. The van der Waals surface area contributed by atoms with Crippen molar-refractivity contribution in [2.24, 2.45) is 7.05 Å². The molecule has 0 N–H and O–H groups in total. The zero-order chi connectivity index (χ0) is 16.9. The standard InChI is InChI=1S/C19H24N2O3/c1-13-17(14-7-4-5-8-15(14)20(13)2)18(22)21-11-16(23-3)19(12-21)9-6-10-24-19/h4-5,7-8,16H,6,9-12H2,1-3H3/t16-,19-/m0/s1. The first-order valence-corrected chi connectivity index (χ1v) is 8.57. The van der Waals surface area contributed by atoms with E-state index in [1.54, 1.807) is 7.11 Å². The lowest BCUT2D eigenvalue weighted by Crippen LogP contribution is -2.42. The smallest absolute Gasteiger partial charge is 0.256 e. The molecule has 0 radical (unpaired) electrons. The molecule has 3 heterocycles. The third-order valence-corrected chi connectivity index (χ3v) is 5.75. The summed E-state index contributed by atoms with van der Waals surface area (Å²) in [7, 11) is 3.73. The van der Waals surface area contributed by atoms with Crippen molar-refractivity contribution in [1.29, 1.82) is 0 Å². The SMILES string of the molecule is CO[C@H]1CN(C(=O)c2c(C)n(C)c3ccccc23)C[C@@]12CCCO2. The number of methoxy groups -OCH3 is 1. The molecule has 2 fully saturated rings. The van der Waals surface area contributed by atoms with Gasteiger partial charge in [0.2, 0.25) is 0 Å². The van der Waals surface area contributed by atoms with Gasteiger partial charge in [-0.1, -0.05) is 18.2 Å². The van der Waals surface area contributed by atoms with Crippen molar-refractivity contribution in [3.05, 3.63) is 35.5 Å². The van der Waals surface area contributed by atoms with E-state index in [2.05, 4.69) is 10.6 Å². The summed E-state index contributed by atoms with van der Waals surface area (Å²) in [6.45, 7) is 3.99. The zero-order valence-corrected chi connectivity index (χ0v) is 14.5. The Morgan fingerprint density at radius 3 is 2.88 bits per heavy atom. The Labute approximate surface area is 142 Å². The molecule has 24 heavy (non-hydrogen) atoms. The average molecular weight is 328 g/mol. The van der Waals surface area contributed by atoms with E-state index >= 15 is 0 Å². The third kappa shape index (κ3) is 2.11. The number of hydrogen-bond acceptors (Lipinski definition) is 3. The van der Waals surface area contributed by atoms with E-state index in [1.165, 1.54) is 0 Å². The number of carbonyl (C=O) groups excluding carboxylic acids is 1. The Morgan fingerprint density at radius 1 is 1.38 bits per heavy atom. The van der Waals surface area contributed by atoms with Gasteiger partial charge in [-0.25, -0.2) is 0 Å². The Kier molecular flexibility index (Phi) is 3.66. The van der Waals surface area contributed by atoms with Crippen molar-refractivity contribution < 1.29 is 14.3 Å². The van der Waals surface area contributed by atoms with E-state index in [0.717, 1.165) is 41.6 Å². The third-order valence-electron chi connectivity index (χ3n) is 5.75. The highest BCUT2D eigenvalue weighted by atomic mass is 16.6. The van der Waals surface area contributed by atoms with Gasteiger partial charge in [0.15, 0.2) is 0 Å². The molecule has 2 aromatic rings. The van der Waals surface area contributed by atoms with Crippen LogP contribution < -0.4 is 0 Å². The maximum atomic E-state index is 13.3. The van der Waals surface area contributed by atoms with Crippen LogP contribution in [-0.4, -0.2) is 53.9 Å². The quantitative estimate of drug-likeness (QED) is 0.851. The van der Waals surface area contributed by atoms with Gasteiger partial charge >= 0.3 is 0 Å². The second-order valence-electron chi connectivity index (χ2n) is 6.96. The minimum absolute atomic E-state index is 0.0424. The first kappa shape index (κ1) is 15.7. The molecule has 4 rings (SSSR count). The molecule has 0 aliphatic carbocycles. The number of hydrogen-bond donors (Lipinski definition) is 0. The van der Waals surface area contributed by atoms with Crippen LogP contribution in [0.4, 0.5) is 0 Å². The number of amides is 1. The second kappa shape index (κ2) is 5.60. The molecule has 1 spiro atoms. The summed E-state index contributed by atoms with van der Waals surface area (Å²) >= 11 is 0. The molecule has 2 saturated heterocycles. The van der Waals surface area contributed by atoms with Gasteiger partial charge in [0.25, 0.3) is 5.91 Å². The van der Waals surface area contributed by atoms with Crippen molar-refractivity contribution in [2.45, 2.75) is 31.5 Å². The summed E-state index contributed by atoms with van der Waals surface area (Å²) in [6.07, 6.45) is 1.96. The maximum absolute atomic E-state index is 13.3. The van der Waals surface area contributed by atoms with Crippen molar-refractivity contribution in [2.75, 3.05) is 26.8 Å². The fourth-order valence-electron chi connectivity index (χ4n) is 4.35. The summed E-state index contributed by atoms with van der Waals surface area (Å²) in [5, 5.41) is 1.02. The minimum atomic E-state index is -0.317. The predicted octanol–water partition coefficient (Wildman–Crippen LogP) is 2.51. The average Bonchev–Trinajstić information content (AvgIpc) is 3.27. The molecule has 1 amide bonds. The van der Waals surface area contributed by atoms with Crippen LogP contribution >= 0.6 is 0 Å². The number of ether oxygens (including phenoxy) is 2. The van der Waals surface area contributed by atoms with Crippen LogP contribution in [0.25, 0.3) is 10.9 Å². The van der Waals surface area contributed by atoms with Crippen LogP contribution in [0.2, 0.25) is 0 Å². The van der Waals surface area contributed by atoms with Gasteiger partial charge in [0.05, 0.1) is 18.7 Å². The number of benzene rings is 1. The zero-order valence-electron chi connectivity index (χ0n) is 14.5.